The predicted molar refractivity (Wildman–Crippen MR) is 88.6 cm³/mol. The lowest BCUT2D eigenvalue weighted by atomic mass is 10.2. The van der Waals surface area contributed by atoms with E-state index in [2.05, 4.69) is 5.32 Å². The smallest absolute Gasteiger partial charge is 0.420 e. The van der Waals surface area contributed by atoms with Crippen LogP contribution in [-0.4, -0.2) is 36.0 Å². The van der Waals surface area contributed by atoms with Crippen molar-refractivity contribution in [3.8, 4) is 0 Å². The summed E-state index contributed by atoms with van der Waals surface area (Å²) in [6.07, 6.45) is 1.60. The van der Waals surface area contributed by atoms with Gasteiger partial charge in [0.15, 0.2) is 5.58 Å². The van der Waals surface area contributed by atoms with Crippen LogP contribution < -0.4 is 11.1 Å². The molecular weight excluding hydrogens is 310 g/mol. The highest BCUT2D eigenvalue weighted by atomic mass is 16.4. The molecule has 2 heterocycles. The van der Waals surface area contributed by atoms with E-state index in [1.807, 2.05) is 31.1 Å². The second kappa shape index (κ2) is 6.76. The average molecular weight is 329 g/mol. The number of benzene rings is 1. The number of aromatic nitrogens is 1. The molecule has 1 unspecified atom stereocenters. The number of nitrogens with zero attached hydrogens (tertiary/aromatic N) is 2. The average Bonchev–Trinajstić information content (AvgIpc) is 3.16. The third kappa shape index (κ3) is 3.26. The standard InChI is InChI=1S/C17H19N3O4/c1-19(2)13(14-8-5-9-23-14)10-18-16(21)11-20-12-6-3-4-7-15(12)24-17(20)22/h3-9,13H,10-11H2,1-2H3,(H,18,21). The number of furan rings is 1. The molecule has 3 aromatic rings. The van der Waals surface area contributed by atoms with E-state index < -0.39 is 5.76 Å². The summed E-state index contributed by atoms with van der Waals surface area (Å²) in [5.41, 5.74) is 1.07. The molecule has 126 valence electrons. The Hall–Kier alpha value is -2.80. The molecule has 1 aromatic carbocycles. The van der Waals surface area contributed by atoms with E-state index in [1.165, 1.54) is 4.57 Å². The van der Waals surface area contributed by atoms with Gasteiger partial charge in [0.2, 0.25) is 5.91 Å². The Labute approximate surface area is 138 Å². The van der Waals surface area contributed by atoms with Crippen molar-refractivity contribution in [3.63, 3.8) is 0 Å². The predicted octanol–water partition coefficient (Wildman–Crippen LogP) is 1.61. The molecule has 0 aliphatic rings. The van der Waals surface area contributed by atoms with Crippen LogP contribution in [0.4, 0.5) is 0 Å². The zero-order chi connectivity index (χ0) is 17.1. The Morgan fingerprint density at radius 3 is 2.75 bits per heavy atom. The van der Waals surface area contributed by atoms with E-state index in [4.69, 9.17) is 8.83 Å². The molecule has 24 heavy (non-hydrogen) atoms. The molecule has 7 nitrogen and oxygen atoms in total. The van der Waals surface area contributed by atoms with Crippen molar-refractivity contribution in [2.75, 3.05) is 20.6 Å². The number of oxazole rings is 1. The van der Waals surface area contributed by atoms with E-state index in [0.717, 1.165) is 5.76 Å². The lowest BCUT2D eigenvalue weighted by molar-refractivity contribution is -0.121. The van der Waals surface area contributed by atoms with Gasteiger partial charge in [0.1, 0.15) is 12.3 Å². The molecule has 2 aromatic heterocycles. The second-order valence-electron chi connectivity index (χ2n) is 5.72. The summed E-state index contributed by atoms with van der Waals surface area (Å²) in [5.74, 6) is -0.0326. The van der Waals surface area contributed by atoms with Gasteiger partial charge in [-0.2, -0.15) is 0 Å². The van der Waals surface area contributed by atoms with Crippen molar-refractivity contribution in [2.45, 2.75) is 12.6 Å². The molecule has 1 atom stereocenters. The minimum absolute atomic E-state index is 0.0817. The van der Waals surface area contributed by atoms with Crippen LogP contribution in [0.25, 0.3) is 11.1 Å². The van der Waals surface area contributed by atoms with Crippen LogP contribution >= 0.6 is 0 Å². The van der Waals surface area contributed by atoms with Gasteiger partial charge < -0.3 is 14.2 Å². The van der Waals surface area contributed by atoms with Crippen LogP contribution in [0.2, 0.25) is 0 Å². The fourth-order valence-corrected chi connectivity index (χ4v) is 2.59. The number of carbonyl (C=O) groups is 1. The van der Waals surface area contributed by atoms with Crippen molar-refractivity contribution in [1.82, 2.24) is 14.8 Å². The first-order valence-corrected chi connectivity index (χ1v) is 7.61. The summed E-state index contributed by atoms with van der Waals surface area (Å²) in [6, 6.07) is 10.6. The first-order valence-electron chi connectivity index (χ1n) is 7.61. The molecule has 3 rings (SSSR count). The molecule has 0 aliphatic heterocycles. The highest BCUT2D eigenvalue weighted by molar-refractivity contribution is 5.79. The number of likely N-dealkylation sites (N-methyl/N-ethyl adjacent to an activating group) is 1. The molecule has 0 saturated carbocycles. The molecule has 1 amide bonds. The lowest BCUT2D eigenvalue weighted by Gasteiger charge is -2.22. The normalized spacial score (nSPS) is 12.6. The molecule has 0 spiro atoms. The Bertz CT molecular complexity index is 877. The van der Waals surface area contributed by atoms with Gasteiger partial charge in [0, 0.05) is 6.54 Å². The van der Waals surface area contributed by atoms with E-state index >= 15 is 0 Å². The Morgan fingerprint density at radius 2 is 2.04 bits per heavy atom. The zero-order valence-corrected chi connectivity index (χ0v) is 13.6. The van der Waals surface area contributed by atoms with Crippen molar-refractivity contribution >= 4 is 17.0 Å². The molecule has 1 N–H and O–H groups in total. The second-order valence-corrected chi connectivity index (χ2v) is 5.72. The molecule has 0 saturated heterocycles. The van der Waals surface area contributed by atoms with Crippen molar-refractivity contribution < 1.29 is 13.6 Å². The van der Waals surface area contributed by atoms with E-state index in [-0.39, 0.29) is 18.5 Å². The minimum atomic E-state index is -0.540. The fraction of sp³-hybridized carbons (Fsp3) is 0.294. The number of fused-ring (bicyclic) bond motifs is 1. The Balaban J connectivity index is 1.69. The van der Waals surface area contributed by atoms with Gasteiger partial charge in [0.25, 0.3) is 0 Å². The van der Waals surface area contributed by atoms with Gasteiger partial charge in [0.05, 0.1) is 17.8 Å². The van der Waals surface area contributed by atoms with E-state index in [9.17, 15) is 9.59 Å². The maximum Gasteiger partial charge on any atom is 0.420 e. The van der Waals surface area contributed by atoms with E-state index in [0.29, 0.717) is 17.6 Å². The van der Waals surface area contributed by atoms with Gasteiger partial charge in [-0.3, -0.25) is 14.3 Å². The molecule has 0 bridgehead atoms. The fourth-order valence-electron chi connectivity index (χ4n) is 2.59. The summed E-state index contributed by atoms with van der Waals surface area (Å²) in [7, 11) is 3.82. The molecule has 0 radical (unpaired) electrons. The van der Waals surface area contributed by atoms with Gasteiger partial charge >= 0.3 is 5.76 Å². The van der Waals surface area contributed by atoms with Gasteiger partial charge in [-0.05, 0) is 38.4 Å². The maximum atomic E-state index is 12.2. The van der Waals surface area contributed by atoms with Gasteiger partial charge in [-0.1, -0.05) is 12.1 Å². The minimum Gasteiger partial charge on any atom is -0.468 e. The first-order chi connectivity index (χ1) is 11.6. The van der Waals surface area contributed by atoms with Crippen LogP contribution in [0.3, 0.4) is 0 Å². The summed E-state index contributed by atoms with van der Waals surface area (Å²) in [5, 5.41) is 2.84. The number of carbonyl (C=O) groups excluding carboxylic acids is 1. The van der Waals surface area contributed by atoms with Crippen molar-refractivity contribution in [1.29, 1.82) is 0 Å². The van der Waals surface area contributed by atoms with Crippen LogP contribution in [-0.2, 0) is 11.3 Å². The van der Waals surface area contributed by atoms with Crippen LogP contribution in [0.1, 0.15) is 11.8 Å². The van der Waals surface area contributed by atoms with E-state index in [1.54, 1.807) is 30.5 Å². The van der Waals surface area contributed by atoms with Crippen LogP contribution in [0.15, 0.2) is 56.3 Å². The molecule has 0 aliphatic carbocycles. The highest BCUT2D eigenvalue weighted by Gasteiger charge is 2.19. The summed E-state index contributed by atoms with van der Waals surface area (Å²) in [4.78, 5) is 26.1. The monoisotopic (exact) mass is 329 g/mol. The number of para-hydroxylation sites is 2. The first kappa shape index (κ1) is 16.1. The molecular formula is C17H19N3O4. The largest absolute Gasteiger partial charge is 0.468 e. The van der Waals surface area contributed by atoms with Crippen molar-refractivity contribution in [3.05, 3.63) is 59.0 Å². The SMILES string of the molecule is CN(C)C(CNC(=O)Cn1c(=O)oc2ccccc21)c1ccco1. The molecule has 7 heteroatoms. The summed E-state index contributed by atoms with van der Waals surface area (Å²) >= 11 is 0. The van der Waals surface area contributed by atoms with Gasteiger partial charge in [-0.15, -0.1) is 0 Å². The third-order valence-electron chi connectivity index (χ3n) is 3.86. The lowest BCUT2D eigenvalue weighted by Crippen LogP contribution is -2.37. The zero-order valence-electron chi connectivity index (χ0n) is 13.6. The summed E-state index contributed by atoms with van der Waals surface area (Å²) < 4.78 is 11.9. The van der Waals surface area contributed by atoms with Crippen molar-refractivity contribution in [2.24, 2.45) is 0 Å². The molecule has 0 fully saturated rings. The third-order valence-corrected chi connectivity index (χ3v) is 3.86. The topological polar surface area (TPSA) is 80.6 Å². The number of hydrogen-bond acceptors (Lipinski definition) is 5. The Kier molecular flexibility index (Phi) is 4.52. The number of amides is 1. The summed E-state index contributed by atoms with van der Waals surface area (Å²) in [6.45, 7) is 0.290. The number of hydrogen-bond donors (Lipinski definition) is 1. The maximum absolute atomic E-state index is 12.2. The number of rotatable bonds is 6. The quantitative estimate of drug-likeness (QED) is 0.743. The van der Waals surface area contributed by atoms with Crippen LogP contribution in [0.5, 0.6) is 0 Å². The van der Waals surface area contributed by atoms with Gasteiger partial charge in [-0.25, -0.2) is 4.79 Å². The highest BCUT2D eigenvalue weighted by Crippen LogP contribution is 2.17. The Morgan fingerprint density at radius 1 is 1.25 bits per heavy atom. The van der Waals surface area contributed by atoms with Crippen LogP contribution in [0, 0.1) is 0 Å². The number of nitrogens with one attached hydrogen (secondary N) is 1.